The first-order valence-corrected chi connectivity index (χ1v) is 14.6. The number of benzene rings is 2. The van der Waals surface area contributed by atoms with Crippen molar-refractivity contribution < 1.29 is 24.2 Å². The number of amides is 1. The maximum absolute atomic E-state index is 13.8. The Bertz CT molecular complexity index is 1170. The second-order valence-corrected chi connectivity index (χ2v) is 11.9. The molecule has 3 fully saturated rings. The first-order valence-electron chi connectivity index (χ1n) is 14.6. The van der Waals surface area contributed by atoms with Gasteiger partial charge in [0.2, 0.25) is 0 Å². The minimum atomic E-state index is -1.31. The highest BCUT2D eigenvalue weighted by atomic mass is 16.5. The molecule has 2 saturated heterocycles. The van der Waals surface area contributed by atoms with Crippen molar-refractivity contribution >= 4 is 11.9 Å². The van der Waals surface area contributed by atoms with Crippen LogP contribution in [0, 0.1) is 0 Å². The first-order chi connectivity index (χ1) is 18.8. The van der Waals surface area contributed by atoms with Gasteiger partial charge >= 0.3 is 5.97 Å². The maximum Gasteiger partial charge on any atom is 0.347 e. The summed E-state index contributed by atoms with van der Waals surface area (Å²) in [6.07, 6.45) is 9.16. The molecule has 7 heteroatoms. The van der Waals surface area contributed by atoms with Crippen LogP contribution in [0.15, 0.2) is 42.5 Å². The number of hydrogen-bond acceptors (Lipinski definition) is 5. The van der Waals surface area contributed by atoms with Crippen LogP contribution in [0.4, 0.5) is 0 Å². The van der Waals surface area contributed by atoms with Gasteiger partial charge in [0.25, 0.3) is 5.91 Å². The van der Waals surface area contributed by atoms with Crippen LogP contribution in [0.3, 0.4) is 0 Å². The number of nitrogens with one attached hydrogen (secondary N) is 1. The zero-order chi connectivity index (χ0) is 27.4. The highest BCUT2D eigenvalue weighted by Gasteiger charge is 2.31. The van der Waals surface area contributed by atoms with Gasteiger partial charge in [0, 0.05) is 31.1 Å². The van der Waals surface area contributed by atoms with E-state index in [0.717, 1.165) is 68.6 Å². The van der Waals surface area contributed by atoms with Crippen molar-refractivity contribution in [1.29, 1.82) is 0 Å². The average molecular weight is 535 g/mol. The number of piperidine rings is 1. The zero-order valence-electron chi connectivity index (χ0n) is 23.3. The van der Waals surface area contributed by atoms with Crippen molar-refractivity contribution in [3.8, 4) is 11.5 Å². The highest BCUT2D eigenvalue weighted by molar-refractivity contribution is 5.94. The fourth-order valence-corrected chi connectivity index (χ4v) is 6.22. The van der Waals surface area contributed by atoms with Gasteiger partial charge in [-0.2, -0.15) is 0 Å². The molecule has 5 rings (SSSR count). The Kier molecular flexibility index (Phi) is 8.46. The van der Waals surface area contributed by atoms with E-state index in [4.69, 9.17) is 9.47 Å². The third-order valence-electron chi connectivity index (χ3n) is 8.54. The quantitative estimate of drug-likeness (QED) is 0.449. The van der Waals surface area contributed by atoms with Crippen LogP contribution in [0.5, 0.6) is 11.5 Å². The summed E-state index contributed by atoms with van der Waals surface area (Å²) in [5.41, 5.74) is 1.70. The molecule has 1 unspecified atom stereocenters. The van der Waals surface area contributed by atoms with Crippen LogP contribution in [0.1, 0.15) is 98.5 Å². The molecule has 0 bridgehead atoms. The van der Waals surface area contributed by atoms with Gasteiger partial charge in [-0.15, -0.1) is 0 Å². The van der Waals surface area contributed by atoms with Crippen LogP contribution in [0.2, 0.25) is 0 Å². The summed E-state index contributed by atoms with van der Waals surface area (Å²) in [5.74, 6) is 1.17. The van der Waals surface area contributed by atoms with E-state index in [0.29, 0.717) is 18.2 Å². The van der Waals surface area contributed by atoms with Gasteiger partial charge in [-0.05, 0) is 99.9 Å². The predicted octanol–water partition coefficient (Wildman–Crippen LogP) is 5.74. The van der Waals surface area contributed by atoms with Crippen LogP contribution >= 0.6 is 0 Å². The molecule has 3 aliphatic rings. The normalized spacial score (nSPS) is 22.5. The van der Waals surface area contributed by atoms with Crippen molar-refractivity contribution in [3.05, 3.63) is 59.2 Å². The van der Waals surface area contributed by atoms with Crippen molar-refractivity contribution in [2.45, 2.75) is 88.8 Å². The van der Waals surface area contributed by atoms with E-state index in [1.54, 1.807) is 19.9 Å². The lowest BCUT2D eigenvalue weighted by Crippen LogP contribution is -2.39. The third kappa shape index (κ3) is 6.57. The van der Waals surface area contributed by atoms with Crippen LogP contribution < -0.4 is 14.8 Å². The lowest BCUT2D eigenvalue weighted by Gasteiger charge is -2.34. The molecular weight excluding hydrogens is 492 g/mol. The summed E-state index contributed by atoms with van der Waals surface area (Å²) < 4.78 is 12.2. The van der Waals surface area contributed by atoms with Gasteiger partial charge in [-0.25, -0.2) is 4.79 Å². The fourth-order valence-electron chi connectivity index (χ4n) is 6.22. The fraction of sp³-hybridized carbons (Fsp3) is 0.562. The van der Waals surface area contributed by atoms with Gasteiger partial charge in [-0.3, -0.25) is 4.79 Å². The monoisotopic (exact) mass is 534 g/mol. The summed E-state index contributed by atoms with van der Waals surface area (Å²) in [4.78, 5) is 27.3. The van der Waals surface area contributed by atoms with Crippen molar-refractivity contribution in [1.82, 2.24) is 10.2 Å². The molecule has 2 aromatic rings. The Balaban J connectivity index is 1.32. The number of nitrogens with zero attached hydrogens (tertiary/aromatic N) is 1. The molecule has 1 aliphatic carbocycles. The molecule has 0 spiro atoms. The molecule has 2 aromatic carbocycles. The molecule has 2 atom stereocenters. The minimum absolute atomic E-state index is 0.0743. The van der Waals surface area contributed by atoms with Gasteiger partial charge < -0.3 is 24.8 Å². The molecule has 2 heterocycles. The smallest absolute Gasteiger partial charge is 0.347 e. The number of carboxylic acids is 1. The largest absolute Gasteiger partial charge is 0.489 e. The Hall–Kier alpha value is -3.06. The summed E-state index contributed by atoms with van der Waals surface area (Å²) in [5, 5.41) is 12.8. The number of hydrogen-bond donors (Lipinski definition) is 2. The Morgan fingerprint density at radius 2 is 1.77 bits per heavy atom. The van der Waals surface area contributed by atoms with Gasteiger partial charge in [0.1, 0.15) is 17.6 Å². The molecule has 1 saturated carbocycles. The molecule has 2 aliphatic heterocycles. The number of likely N-dealkylation sites (tertiary alicyclic amines) is 1. The second-order valence-electron chi connectivity index (χ2n) is 11.9. The lowest BCUT2D eigenvalue weighted by molar-refractivity contribution is -0.152. The third-order valence-corrected chi connectivity index (χ3v) is 8.54. The molecule has 7 nitrogen and oxygen atoms in total. The number of rotatable bonds is 8. The van der Waals surface area contributed by atoms with Crippen LogP contribution in [-0.2, 0) is 4.79 Å². The Morgan fingerprint density at radius 1 is 0.974 bits per heavy atom. The number of carbonyl (C=O) groups excluding carboxylic acids is 1. The predicted molar refractivity (Wildman–Crippen MR) is 151 cm³/mol. The number of carbonyl (C=O) groups is 2. The van der Waals surface area contributed by atoms with E-state index in [1.807, 2.05) is 35.2 Å². The SMILES string of the molecule is CC(C)(Oc1cccc(C2CCCN(C(=O)c3ccc(O[C@H]4CCNC4)c(C4CCCCC4)c3)C2)c1)C(=O)O. The number of ether oxygens (including phenoxy) is 2. The van der Waals surface area contributed by atoms with E-state index in [-0.39, 0.29) is 17.9 Å². The van der Waals surface area contributed by atoms with Crippen LogP contribution in [-0.4, -0.2) is 59.8 Å². The maximum atomic E-state index is 13.8. The summed E-state index contributed by atoms with van der Waals surface area (Å²) >= 11 is 0. The zero-order valence-corrected chi connectivity index (χ0v) is 23.3. The molecular formula is C32H42N2O5. The lowest BCUT2D eigenvalue weighted by atomic mass is 9.83. The molecule has 39 heavy (non-hydrogen) atoms. The van der Waals surface area contributed by atoms with Gasteiger partial charge in [0.15, 0.2) is 5.60 Å². The first kappa shape index (κ1) is 27.5. The van der Waals surface area contributed by atoms with Gasteiger partial charge in [-0.1, -0.05) is 31.4 Å². The molecule has 0 aromatic heterocycles. The topological polar surface area (TPSA) is 88.1 Å². The summed E-state index contributed by atoms with van der Waals surface area (Å²) in [6.45, 7) is 6.33. The Labute approximate surface area is 231 Å². The number of aliphatic carboxylic acids is 1. The van der Waals surface area contributed by atoms with E-state index in [1.165, 1.54) is 24.8 Å². The molecule has 0 radical (unpaired) electrons. The van der Waals surface area contributed by atoms with E-state index < -0.39 is 11.6 Å². The van der Waals surface area contributed by atoms with E-state index in [2.05, 4.69) is 11.4 Å². The minimum Gasteiger partial charge on any atom is -0.489 e. The van der Waals surface area contributed by atoms with E-state index >= 15 is 0 Å². The van der Waals surface area contributed by atoms with Crippen molar-refractivity contribution in [2.24, 2.45) is 0 Å². The average Bonchev–Trinajstić information content (AvgIpc) is 3.46. The highest BCUT2D eigenvalue weighted by Crippen LogP contribution is 2.39. The van der Waals surface area contributed by atoms with Crippen molar-refractivity contribution in [3.63, 3.8) is 0 Å². The van der Waals surface area contributed by atoms with Crippen molar-refractivity contribution in [2.75, 3.05) is 26.2 Å². The van der Waals surface area contributed by atoms with Crippen LogP contribution in [0.25, 0.3) is 0 Å². The Morgan fingerprint density at radius 3 is 2.51 bits per heavy atom. The van der Waals surface area contributed by atoms with E-state index in [9.17, 15) is 14.7 Å². The standard InChI is InChI=1S/C32H42N2O5/c1-32(2,31(36)37)39-26-12-6-10-23(18-26)25-11-7-17-34(21-25)30(35)24-13-14-29(38-27-15-16-33-20-27)28(19-24)22-8-4-3-5-9-22/h6,10,12-14,18-19,22,25,27,33H,3-5,7-9,11,15-17,20-21H2,1-2H3,(H,36,37)/t25?,27-/m0/s1. The molecule has 1 amide bonds. The van der Waals surface area contributed by atoms with Gasteiger partial charge in [0.05, 0.1) is 0 Å². The summed E-state index contributed by atoms with van der Waals surface area (Å²) in [6, 6.07) is 13.7. The number of carboxylic acid groups (broad SMARTS) is 1. The summed E-state index contributed by atoms with van der Waals surface area (Å²) in [7, 11) is 0. The second kappa shape index (κ2) is 12.0. The molecule has 210 valence electrons. The molecule has 2 N–H and O–H groups in total.